The maximum absolute atomic E-state index is 10.8. The van der Waals surface area contributed by atoms with Gasteiger partial charge in [-0.1, -0.05) is 0 Å². The van der Waals surface area contributed by atoms with Crippen molar-refractivity contribution in [1.29, 1.82) is 0 Å². The molecule has 13 heavy (non-hydrogen) atoms. The average molecular weight is 186 g/mol. The lowest BCUT2D eigenvalue weighted by atomic mass is 10.5. The van der Waals surface area contributed by atoms with Gasteiger partial charge in [-0.15, -0.1) is 0 Å². The van der Waals surface area contributed by atoms with Crippen molar-refractivity contribution in [2.75, 3.05) is 11.1 Å². The van der Waals surface area contributed by atoms with Crippen LogP contribution in [0.4, 0.5) is 16.3 Å². The van der Waals surface area contributed by atoms with Gasteiger partial charge in [-0.3, -0.25) is 20.1 Å². The smallest absolute Gasteiger partial charge is 0.410 e. The molecule has 0 bridgehead atoms. The van der Waals surface area contributed by atoms with Crippen molar-refractivity contribution in [3.8, 4) is 0 Å². The van der Waals surface area contributed by atoms with E-state index in [9.17, 15) is 14.4 Å². The molecule has 0 fully saturated rings. The summed E-state index contributed by atoms with van der Waals surface area (Å²) in [6.45, 7) is 0. The number of rotatable bonds is 1. The van der Waals surface area contributed by atoms with E-state index in [2.05, 4.69) is 0 Å². The molecule has 0 atom stereocenters. The summed E-state index contributed by atoms with van der Waals surface area (Å²) in [5, 5.41) is 10.0. The number of nitrogens with two attached hydrogens (primary N) is 1. The number of H-pyrrole nitrogens is 2. The molecule has 1 amide bonds. The lowest BCUT2D eigenvalue weighted by molar-refractivity contribution is 0.209. The number of hydrogen-bond acceptors (Lipinski definition) is 4. The van der Waals surface area contributed by atoms with Crippen molar-refractivity contribution in [3.63, 3.8) is 0 Å². The third-order valence-electron chi connectivity index (χ3n) is 1.21. The summed E-state index contributed by atoms with van der Waals surface area (Å²) in [6, 6.07) is 0. The predicted molar refractivity (Wildman–Crippen MR) is 43.7 cm³/mol. The minimum atomic E-state index is -1.42. The van der Waals surface area contributed by atoms with Crippen LogP contribution in [0.5, 0.6) is 0 Å². The molecule has 0 radical (unpaired) electrons. The van der Waals surface area contributed by atoms with E-state index in [1.54, 1.807) is 5.32 Å². The number of aromatic nitrogens is 2. The van der Waals surface area contributed by atoms with Gasteiger partial charge >= 0.3 is 11.8 Å². The number of aromatic amines is 2. The average Bonchev–Trinajstić information content (AvgIpc) is 1.98. The molecule has 0 aliphatic heterocycles. The lowest BCUT2D eigenvalue weighted by Crippen LogP contribution is -2.27. The van der Waals surface area contributed by atoms with E-state index < -0.39 is 17.3 Å². The fraction of sp³-hybridized carbons (Fsp3) is 0. The van der Waals surface area contributed by atoms with Crippen LogP contribution in [0.3, 0.4) is 0 Å². The van der Waals surface area contributed by atoms with Crippen molar-refractivity contribution in [1.82, 2.24) is 9.97 Å². The molecule has 70 valence electrons. The molecular formula is C5H6N4O4. The van der Waals surface area contributed by atoms with Crippen LogP contribution in [-0.4, -0.2) is 21.2 Å². The summed E-state index contributed by atoms with van der Waals surface area (Å²) in [6.07, 6.45) is -1.42. The second-order valence-electron chi connectivity index (χ2n) is 2.13. The molecule has 0 aromatic carbocycles. The summed E-state index contributed by atoms with van der Waals surface area (Å²) in [4.78, 5) is 35.4. The Morgan fingerprint density at radius 3 is 2.54 bits per heavy atom. The van der Waals surface area contributed by atoms with Gasteiger partial charge in [0.25, 0.3) is 5.56 Å². The fourth-order valence-corrected chi connectivity index (χ4v) is 0.702. The minimum absolute atomic E-state index is 0.332. The standard InChI is InChI=1S/C5H6N4O4/c6-1-2(8-5(12)13)7-4(11)9-3(1)10/h6H2,(H,12,13)(H3,7,8,9,10,11). The molecule has 0 aliphatic rings. The normalized spacial score (nSPS) is 9.54. The maximum Gasteiger partial charge on any atom is 0.410 e. The zero-order valence-corrected chi connectivity index (χ0v) is 6.25. The van der Waals surface area contributed by atoms with E-state index in [0.717, 1.165) is 0 Å². The second-order valence-corrected chi connectivity index (χ2v) is 2.13. The number of carbonyl (C=O) groups is 1. The Balaban J connectivity index is 3.28. The van der Waals surface area contributed by atoms with Crippen LogP contribution in [-0.2, 0) is 0 Å². The van der Waals surface area contributed by atoms with Gasteiger partial charge < -0.3 is 10.8 Å². The van der Waals surface area contributed by atoms with E-state index in [1.165, 1.54) is 0 Å². The van der Waals surface area contributed by atoms with E-state index >= 15 is 0 Å². The van der Waals surface area contributed by atoms with E-state index in [4.69, 9.17) is 10.8 Å². The van der Waals surface area contributed by atoms with Crippen LogP contribution < -0.4 is 22.3 Å². The Bertz CT molecular complexity index is 445. The predicted octanol–water partition coefficient (Wildman–Crippen LogP) is -1.26. The van der Waals surface area contributed by atoms with Crippen molar-refractivity contribution >= 4 is 17.6 Å². The van der Waals surface area contributed by atoms with Crippen LogP contribution in [0.25, 0.3) is 0 Å². The van der Waals surface area contributed by atoms with Crippen LogP contribution in [0.1, 0.15) is 0 Å². The second kappa shape index (κ2) is 3.01. The number of hydrogen-bond donors (Lipinski definition) is 5. The molecule has 8 heteroatoms. The Morgan fingerprint density at radius 2 is 2.00 bits per heavy atom. The monoisotopic (exact) mass is 186 g/mol. The van der Waals surface area contributed by atoms with Gasteiger partial charge in [0.15, 0.2) is 0 Å². The fourth-order valence-electron chi connectivity index (χ4n) is 0.702. The van der Waals surface area contributed by atoms with Gasteiger partial charge in [-0.25, -0.2) is 9.59 Å². The molecule has 0 saturated heterocycles. The Labute approximate surface area is 70.4 Å². The first-order chi connectivity index (χ1) is 6.00. The Hall–Kier alpha value is -2.25. The van der Waals surface area contributed by atoms with Crippen LogP contribution in [0, 0.1) is 0 Å². The van der Waals surface area contributed by atoms with Gasteiger partial charge in [0, 0.05) is 0 Å². The lowest BCUT2D eigenvalue weighted by Gasteiger charge is -2.01. The molecule has 1 rings (SSSR count). The molecule has 0 saturated carbocycles. The van der Waals surface area contributed by atoms with Gasteiger partial charge in [-0.2, -0.15) is 0 Å². The number of carboxylic acid groups (broad SMARTS) is 1. The first-order valence-corrected chi connectivity index (χ1v) is 3.12. The highest BCUT2D eigenvalue weighted by atomic mass is 16.4. The first kappa shape index (κ1) is 8.84. The summed E-state index contributed by atoms with van der Waals surface area (Å²) >= 11 is 0. The van der Waals surface area contributed by atoms with Crippen molar-refractivity contribution in [2.24, 2.45) is 0 Å². The first-order valence-electron chi connectivity index (χ1n) is 3.12. The Kier molecular flexibility index (Phi) is 2.05. The van der Waals surface area contributed by atoms with Crippen molar-refractivity contribution in [3.05, 3.63) is 20.8 Å². The van der Waals surface area contributed by atoms with Crippen LogP contribution in [0.15, 0.2) is 9.59 Å². The highest BCUT2D eigenvalue weighted by molar-refractivity contribution is 5.85. The Morgan fingerprint density at radius 1 is 1.38 bits per heavy atom. The SMILES string of the molecule is Nc1c(NC(=O)O)[nH]c(=O)[nH]c1=O. The van der Waals surface area contributed by atoms with Gasteiger partial charge in [-0.05, 0) is 0 Å². The molecule has 1 aromatic heterocycles. The largest absolute Gasteiger partial charge is 0.465 e. The zero-order chi connectivity index (χ0) is 10.0. The minimum Gasteiger partial charge on any atom is -0.465 e. The maximum atomic E-state index is 10.8. The highest BCUT2D eigenvalue weighted by Gasteiger charge is 2.07. The zero-order valence-electron chi connectivity index (χ0n) is 6.25. The molecule has 8 nitrogen and oxygen atoms in total. The van der Waals surface area contributed by atoms with Gasteiger partial charge in [0.1, 0.15) is 11.5 Å². The number of nitrogens with one attached hydrogen (secondary N) is 3. The molecule has 0 spiro atoms. The number of nitrogen functional groups attached to an aromatic ring is 1. The van der Waals surface area contributed by atoms with Crippen LogP contribution >= 0.6 is 0 Å². The van der Waals surface area contributed by atoms with Crippen molar-refractivity contribution < 1.29 is 9.90 Å². The molecule has 1 heterocycles. The molecule has 0 unspecified atom stereocenters. The summed E-state index contributed by atoms with van der Waals surface area (Å²) in [5.74, 6) is -0.332. The van der Waals surface area contributed by atoms with Crippen LogP contribution in [0.2, 0.25) is 0 Å². The molecule has 0 aliphatic carbocycles. The molecule has 1 aromatic rings. The summed E-state index contributed by atoms with van der Waals surface area (Å²) < 4.78 is 0. The molecular weight excluding hydrogens is 180 g/mol. The highest BCUT2D eigenvalue weighted by Crippen LogP contribution is 2.04. The molecule has 6 N–H and O–H groups in total. The third-order valence-corrected chi connectivity index (χ3v) is 1.21. The van der Waals surface area contributed by atoms with E-state index in [-0.39, 0.29) is 11.5 Å². The number of amides is 1. The third kappa shape index (κ3) is 1.86. The summed E-state index contributed by atoms with van der Waals surface area (Å²) in [7, 11) is 0. The van der Waals surface area contributed by atoms with Crippen molar-refractivity contribution in [2.45, 2.75) is 0 Å². The summed E-state index contributed by atoms with van der Waals surface area (Å²) in [5.41, 5.74) is 3.10. The van der Waals surface area contributed by atoms with Gasteiger partial charge in [0.2, 0.25) is 0 Å². The number of anilines is 2. The van der Waals surface area contributed by atoms with E-state index in [1.807, 2.05) is 9.97 Å². The quantitative estimate of drug-likeness (QED) is 0.372. The van der Waals surface area contributed by atoms with Gasteiger partial charge in [0.05, 0.1) is 0 Å². The van der Waals surface area contributed by atoms with E-state index in [0.29, 0.717) is 0 Å². The topological polar surface area (TPSA) is 141 Å².